The Bertz CT molecular complexity index is 466. The van der Waals surface area contributed by atoms with Gasteiger partial charge in [-0.1, -0.05) is 6.07 Å². The van der Waals surface area contributed by atoms with E-state index in [0.29, 0.717) is 5.56 Å². The summed E-state index contributed by atoms with van der Waals surface area (Å²) in [7, 11) is 0. The van der Waals surface area contributed by atoms with Crippen LogP contribution in [0.3, 0.4) is 0 Å². The number of ether oxygens (including phenoxy) is 1. The number of hydrogen-bond acceptors (Lipinski definition) is 6. The van der Waals surface area contributed by atoms with Crippen molar-refractivity contribution in [2.24, 2.45) is 5.73 Å². The molecule has 0 aliphatic heterocycles. The molecule has 0 aliphatic carbocycles. The fourth-order valence-electron chi connectivity index (χ4n) is 1.43. The molecular weight excluding hydrogens is 276 g/mol. The second kappa shape index (κ2) is 7.55. The van der Waals surface area contributed by atoms with Crippen LogP contribution in [0.15, 0.2) is 18.2 Å². The van der Waals surface area contributed by atoms with Crippen LogP contribution in [0.2, 0.25) is 0 Å². The van der Waals surface area contributed by atoms with E-state index in [9.17, 15) is 20.0 Å². The Morgan fingerprint density at radius 3 is 2.74 bits per heavy atom. The van der Waals surface area contributed by atoms with Crippen molar-refractivity contribution in [3.8, 4) is 5.75 Å². The van der Waals surface area contributed by atoms with Crippen molar-refractivity contribution >= 4 is 24.1 Å². The van der Waals surface area contributed by atoms with E-state index in [4.69, 9.17) is 10.5 Å². The number of nitro benzene ring substituents is 1. The summed E-state index contributed by atoms with van der Waals surface area (Å²) in [6, 6.07) is 2.98. The molecule has 1 aromatic carbocycles. The van der Waals surface area contributed by atoms with E-state index in [2.05, 4.69) is 0 Å². The number of hydrogen-bond donors (Lipinski definition) is 2. The van der Waals surface area contributed by atoms with Gasteiger partial charge < -0.3 is 15.6 Å². The summed E-state index contributed by atoms with van der Waals surface area (Å²) < 4.78 is 4.73. The predicted molar refractivity (Wildman–Crippen MR) is 70.3 cm³/mol. The fourth-order valence-corrected chi connectivity index (χ4v) is 1.43. The molecule has 0 fully saturated rings. The number of nitrogens with two attached hydrogens (primary N) is 1. The van der Waals surface area contributed by atoms with E-state index in [0.717, 1.165) is 0 Å². The molecule has 0 aliphatic rings. The molecule has 1 atom stereocenters. The number of carbonyl (C=O) groups is 1. The predicted octanol–water partition coefficient (Wildman–Crippen LogP) is 1.16. The molecule has 8 heteroatoms. The molecule has 19 heavy (non-hydrogen) atoms. The summed E-state index contributed by atoms with van der Waals surface area (Å²) in [6.45, 7) is 1.89. The number of benzene rings is 1. The lowest BCUT2D eigenvalue weighted by molar-refractivity contribution is -0.385. The number of carbonyl (C=O) groups excluding carboxylic acids is 1. The van der Waals surface area contributed by atoms with Crippen LogP contribution >= 0.6 is 12.4 Å². The summed E-state index contributed by atoms with van der Waals surface area (Å²) in [5.41, 5.74) is 5.67. The third-order valence-electron chi connectivity index (χ3n) is 2.28. The van der Waals surface area contributed by atoms with E-state index >= 15 is 0 Å². The van der Waals surface area contributed by atoms with Gasteiger partial charge in [-0.25, -0.2) is 0 Å². The number of nitro groups is 1. The van der Waals surface area contributed by atoms with Gasteiger partial charge in [-0.05, 0) is 25.0 Å². The molecule has 0 bridgehead atoms. The van der Waals surface area contributed by atoms with E-state index in [1.807, 2.05) is 0 Å². The molecule has 3 N–H and O–H groups in total. The Hall–Kier alpha value is -1.86. The van der Waals surface area contributed by atoms with Gasteiger partial charge in [-0.2, -0.15) is 0 Å². The zero-order valence-corrected chi connectivity index (χ0v) is 11.1. The van der Waals surface area contributed by atoms with Gasteiger partial charge in [0.25, 0.3) is 0 Å². The highest BCUT2D eigenvalue weighted by Gasteiger charge is 2.18. The quantitative estimate of drug-likeness (QED) is 0.477. The molecule has 0 radical (unpaired) electrons. The van der Waals surface area contributed by atoms with Crippen molar-refractivity contribution in [3.63, 3.8) is 0 Å². The summed E-state index contributed by atoms with van der Waals surface area (Å²) in [5, 5.41) is 19.9. The number of phenols is 1. The van der Waals surface area contributed by atoms with Crippen molar-refractivity contribution in [2.75, 3.05) is 6.61 Å². The molecule has 7 nitrogen and oxygen atoms in total. The van der Waals surface area contributed by atoms with Gasteiger partial charge in [-0.15, -0.1) is 12.4 Å². The molecule has 0 spiro atoms. The number of esters is 1. The number of nitrogens with zero attached hydrogens (tertiary/aromatic N) is 1. The van der Waals surface area contributed by atoms with Crippen LogP contribution < -0.4 is 5.73 Å². The smallest absolute Gasteiger partial charge is 0.323 e. The zero-order valence-electron chi connectivity index (χ0n) is 10.2. The largest absolute Gasteiger partial charge is 0.502 e. The van der Waals surface area contributed by atoms with Crippen molar-refractivity contribution < 1.29 is 19.6 Å². The molecular formula is C11H15ClN2O5. The van der Waals surface area contributed by atoms with E-state index < -0.39 is 28.4 Å². The van der Waals surface area contributed by atoms with Gasteiger partial charge in [0.05, 0.1) is 11.5 Å². The number of halogens is 1. The zero-order chi connectivity index (χ0) is 13.7. The highest BCUT2D eigenvalue weighted by atomic mass is 35.5. The summed E-state index contributed by atoms with van der Waals surface area (Å²) in [6.07, 6.45) is 0.111. The first kappa shape index (κ1) is 17.1. The second-order valence-corrected chi connectivity index (χ2v) is 3.64. The molecule has 1 unspecified atom stereocenters. The molecule has 106 valence electrons. The highest BCUT2D eigenvalue weighted by molar-refractivity contribution is 5.85. The van der Waals surface area contributed by atoms with Gasteiger partial charge in [-0.3, -0.25) is 14.9 Å². The van der Waals surface area contributed by atoms with Crippen LogP contribution in [0.4, 0.5) is 5.69 Å². The molecule has 0 aromatic heterocycles. The van der Waals surface area contributed by atoms with Crippen molar-refractivity contribution in [1.29, 1.82) is 0 Å². The molecule has 1 rings (SSSR count). The Morgan fingerprint density at radius 1 is 1.58 bits per heavy atom. The van der Waals surface area contributed by atoms with Crippen LogP contribution in [0.25, 0.3) is 0 Å². The number of aromatic hydroxyl groups is 1. The lowest BCUT2D eigenvalue weighted by Gasteiger charge is -2.10. The highest BCUT2D eigenvalue weighted by Crippen LogP contribution is 2.26. The maximum absolute atomic E-state index is 11.3. The number of phenolic OH excluding ortho intramolecular Hbond substituents is 1. The fraction of sp³-hybridized carbons (Fsp3) is 0.364. The second-order valence-electron chi connectivity index (χ2n) is 3.64. The third-order valence-corrected chi connectivity index (χ3v) is 2.28. The standard InChI is InChI=1S/C11H14N2O5.ClH/c1-2-18-11(15)8(12)5-7-3-4-10(14)9(6-7)13(16)17;/h3-4,6,8,14H,2,5,12H2,1H3;1H. The topological polar surface area (TPSA) is 116 Å². The number of rotatable bonds is 5. The van der Waals surface area contributed by atoms with Crippen LogP contribution in [-0.2, 0) is 16.0 Å². The molecule has 0 heterocycles. The Labute approximate surface area is 115 Å². The minimum Gasteiger partial charge on any atom is -0.502 e. The monoisotopic (exact) mass is 290 g/mol. The van der Waals surface area contributed by atoms with E-state index in [1.54, 1.807) is 6.92 Å². The molecule has 0 amide bonds. The lowest BCUT2D eigenvalue weighted by Crippen LogP contribution is -2.34. The van der Waals surface area contributed by atoms with Gasteiger partial charge in [0, 0.05) is 6.07 Å². The Balaban J connectivity index is 0.00000324. The van der Waals surface area contributed by atoms with Crippen molar-refractivity contribution in [1.82, 2.24) is 0 Å². The lowest BCUT2D eigenvalue weighted by atomic mass is 10.1. The van der Waals surface area contributed by atoms with Gasteiger partial charge >= 0.3 is 11.7 Å². The van der Waals surface area contributed by atoms with E-state index in [1.165, 1.54) is 18.2 Å². The summed E-state index contributed by atoms with van der Waals surface area (Å²) in [5.74, 6) is -0.985. The Kier molecular flexibility index (Phi) is 6.81. The van der Waals surface area contributed by atoms with Crippen molar-refractivity contribution in [3.05, 3.63) is 33.9 Å². The SMILES string of the molecule is CCOC(=O)C(N)Cc1ccc(O)c([N+](=O)[O-])c1.Cl. The van der Waals surface area contributed by atoms with Crippen LogP contribution in [0.1, 0.15) is 12.5 Å². The molecule has 0 saturated heterocycles. The van der Waals surface area contributed by atoms with Gasteiger partial charge in [0.15, 0.2) is 5.75 Å². The third kappa shape index (κ3) is 4.72. The minimum atomic E-state index is -0.880. The van der Waals surface area contributed by atoms with Crippen LogP contribution in [-0.4, -0.2) is 28.6 Å². The maximum atomic E-state index is 11.3. The summed E-state index contributed by atoms with van der Waals surface area (Å²) in [4.78, 5) is 21.2. The Morgan fingerprint density at radius 2 is 2.21 bits per heavy atom. The molecule has 1 aromatic rings. The normalized spacial score (nSPS) is 11.3. The van der Waals surface area contributed by atoms with Gasteiger partial charge in [0.1, 0.15) is 6.04 Å². The first-order chi connectivity index (χ1) is 8.45. The minimum absolute atomic E-state index is 0. The summed E-state index contributed by atoms with van der Waals surface area (Å²) >= 11 is 0. The average molecular weight is 291 g/mol. The first-order valence-electron chi connectivity index (χ1n) is 5.34. The van der Waals surface area contributed by atoms with Gasteiger partial charge in [0.2, 0.25) is 0 Å². The average Bonchev–Trinajstić information content (AvgIpc) is 2.31. The first-order valence-corrected chi connectivity index (χ1v) is 5.34. The van der Waals surface area contributed by atoms with Crippen LogP contribution in [0, 0.1) is 10.1 Å². The van der Waals surface area contributed by atoms with Crippen molar-refractivity contribution in [2.45, 2.75) is 19.4 Å². The maximum Gasteiger partial charge on any atom is 0.323 e. The van der Waals surface area contributed by atoms with E-state index in [-0.39, 0.29) is 25.4 Å². The molecule has 0 saturated carbocycles. The van der Waals surface area contributed by atoms with Crippen LogP contribution in [0.5, 0.6) is 5.75 Å².